The smallest absolute Gasteiger partial charge is 0.311 e. The van der Waals surface area contributed by atoms with Gasteiger partial charge in [0.15, 0.2) is 12.1 Å². The lowest BCUT2D eigenvalue weighted by Gasteiger charge is -2.45. The van der Waals surface area contributed by atoms with Crippen molar-refractivity contribution in [3.05, 3.63) is 48.6 Å². The number of aliphatic hydroxyl groups excluding tert-OH is 5. The SMILES string of the molecule is CC[C@@H]1C(=O)O[C@H](C)C\C=C/C=C\C=C/C=C\[C@H](O[C@H]2O[C@H](C)[C@@H](O)[C@@H](N)[C@@H]2O)C[C@@H]2O[C@](O)(C[C@H](O)CCCC(=O)C[C@H]1O)C[C@H](O)[C@H]2C(=O)O. The van der Waals surface area contributed by atoms with Crippen molar-refractivity contribution >= 4 is 17.7 Å². The minimum Gasteiger partial charge on any atom is -0.481 e. The normalized spacial score (nSPS) is 43.5. The highest BCUT2D eigenvalue weighted by Gasteiger charge is 2.50. The van der Waals surface area contributed by atoms with Crippen molar-refractivity contribution in [2.24, 2.45) is 17.6 Å². The van der Waals surface area contributed by atoms with E-state index < -0.39 is 110 Å². The van der Waals surface area contributed by atoms with Gasteiger partial charge in [-0.15, -0.1) is 0 Å². The van der Waals surface area contributed by atoms with Gasteiger partial charge >= 0.3 is 11.9 Å². The predicted octanol–water partition coefficient (Wildman–Crippen LogP) is 0.923. The van der Waals surface area contributed by atoms with Crippen molar-refractivity contribution < 1.29 is 69.1 Å². The number of Topliss-reactive ketones (excluding diaryl/α,β-unsaturated/α-hetero) is 1. The summed E-state index contributed by atoms with van der Waals surface area (Å²) in [6, 6.07) is -1.10. The van der Waals surface area contributed by atoms with Crippen molar-refractivity contribution in [1.29, 1.82) is 0 Å². The Hall–Kier alpha value is -2.83. The standard InChI is InChI=1S/C37H57NO14/c1-4-26-27(41)17-23(39)14-12-15-24(40)19-37(48)20-28(42)30(34(45)46)29(52-37)18-25(51-36-33(44)31(38)32(43)22(3)50-36)16-11-9-7-5-6-8-10-13-21(2)49-35(26)47/h5-11,16,21-22,24-33,36,40-44,48H,4,12-15,17-20,38H2,1-3H3,(H,45,46)/b6-5-,9-7-,10-8-,16-11-/t21-,22-,24-,25+,26+,27-,28+,29+,30-,31-,32-,33+,36-,37-/m1/s1. The van der Waals surface area contributed by atoms with Crippen LogP contribution in [0.15, 0.2) is 48.6 Å². The fourth-order valence-electron chi connectivity index (χ4n) is 6.72. The van der Waals surface area contributed by atoms with Crippen LogP contribution >= 0.6 is 0 Å². The summed E-state index contributed by atoms with van der Waals surface area (Å²) < 4.78 is 23.1. The number of ether oxygens (including phenoxy) is 4. The number of allylic oxidation sites excluding steroid dienone is 6. The van der Waals surface area contributed by atoms with E-state index in [1.807, 2.05) is 0 Å². The van der Waals surface area contributed by atoms with Crippen LogP contribution in [0.2, 0.25) is 0 Å². The van der Waals surface area contributed by atoms with Gasteiger partial charge in [0.1, 0.15) is 23.9 Å². The van der Waals surface area contributed by atoms with Crippen LogP contribution in [-0.4, -0.2) is 127 Å². The number of nitrogens with two attached hydrogens (primary N) is 1. The first-order valence-corrected chi connectivity index (χ1v) is 18.0. The topological polar surface area (TPSA) is 256 Å². The molecule has 2 fully saturated rings. The summed E-state index contributed by atoms with van der Waals surface area (Å²) in [4.78, 5) is 37.8. The Morgan fingerprint density at radius 1 is 0.981 bits per heavy atom. The van der Waals surface area contributed by atoms with Gasteiger partial charge < -0.3 is 60.4 Å². The second-order valence-electron chi connectivity index (χ2n) is 14.1. The van der Waals surface area contributed by atoms with Crippen molar-refractivity contribution in [2.45, 2.75) is 152 Å². The van der Waals surface area contributed by atoms with E-state index in [2.05, 4.69) is 0 Å². The first-order chi connectivity index (χ1) is 24.5. The zero-order chi connectivity index (χ0) is 38.6. The second kappa shape index (κ2) is 20.6. The number of esters is 1. The Morgan fingerprint density at radius 3 is 2.33 bits per heavy atom. The molecule has 14 atom stereocenters. The van der Waals surface area contributed by atoms with Gasteiger partial charge in [0.25, 0.3) is 0 Å². The number of aliphatic carboxylic acids is 1. The molecule has 15 heteroatoms. The Labute approximate surface area is 304 Å². The molecule has 0 aromatic carbocycles. The third-order valence-electron chi connectivity index (χ3n) is 9.66. The molecule has 0 aromatic rings. The number of carbonyl (C=O) groups excluding carboxylic acids is 2. The molecular weight excluding hydrogens is 682 g/mol. The number of rotatable bonds is 4. The van der Waals surface area contributed by atoms with Gasteiger partial charge in [0, 0.05) is 38.5 Å². The van der Waals surface area contributed by atoms with Crippen LogP contribution in [-0.2, 0) is 33.3 Å². The molecule has 0 radical (unpaired) electrons. The zero-order valence-electron chi connectivity index (χ0n) is 30.1. The Balaban J connectivity index is 1.88. The number of carboxylic acid groups (broad SMARTS) is 1. The van der Waals surface area contributed by atoms with Crippen molar-refractivity contribution in [3.8, 4) is 0 Å². The molecule has 0 spiro atoms. The lowest BCUT2D eigenvalue weighted by molar-refractivity contribution is -0.308. The largest absolute Gasteiger partial charge is 0.481 e. The summed E-state index contributed by atoms with van der Waals surface area (Å²) in [6.45, 7) is 5.00. The molecule has 0 saturated carbocycles. The highest BCUT2D eigenvalue weighted by atomic mass is 16.7. The van der Waals surface area contributed by atoms with Gasteiger partial charge in [-0.3, -0.25) is 14.4 Å². The summed E-state index contributed by atoms with van der Waals surface area (Å²) in [6.07, 6.45) is 1.33. The molecule has 0 unspecified atom stereocenters. The molecule has 15 nitrogen and oxygen atoms in total. The van der Waals surface area contributed by atoms with Crippen LogP contribution in [0, 0.1) is 11.8 Å². The average Bonchev–Trinajstić information content (AvgIpc) is 3.04. The van der Waals surface area contributed by atoms with E-state index in [0.29, 0.717) is 6.42 Å². The monoisotopic (exact) mass is 739 g/mol. The minimum absolute atomic E-state index is 0.0197. The summed E-state index contributed by atoms with van der Waals surface area (Å²) in [7, 11) is 0. The van der Waals surface area contributed by atoms with E-state index in [1.54, 1.807) is 69.4 Å². The maximum absolute atomic E-state index is 12.8. The van der Waals surface area contributed by atoms with Gasteiger partial charge in [-0.1, -0.05) is 55.5 Å². The third-order valence-corrected chi connectivity index (χ3v) is 9.66. The number of aliphatic hydroxyl groups is 6. The molecule has 0 aliphatic carbocycles. The fraction of sp³-hybridized carbons (Fsp3) is 0.703. The Bertz CT molecular complexity index is 1290. The maximum atomic E-state index is 12.8. The van der Waals surface area contributed by atoms with E-state index in [0.717, 1.165) is 0 Å². The number of hydrogen-bond donors (Lipinski definition) is 8. The van der Waals surface area contributed by atoms with Crippen LogP contribution in [0.3, 0.4) is 0 Å². The molecule has 3 rings (SSSR count). The van der Waals surface area contributed by atoms with E-state index in [1.165, 1.54) is 0 Å². The summed E-state index contributed by atoms with van der Waals surface area (Å²) >= 11 is 0. The zero-order valence-corrected chi connectivity index (χ0v) is 30.1. The summed E-state index contributed by atoms with van der Waals surface area (Å²) in [5, 5.41) is 74.8. The second-order valence-corrected chi connectivity index (χ2v) is 14.1. The molecule has 3 heterocycles. The molecule has 3 aliphatic heterocycles. The molecule has 2 saturated heterocycles. The van der Waals surface area contributed by atoms with Gasteiger partial charge in [0.2, 0.25) is 0 Å². The Kier molecular flexibility index (Phi) is 17.2. The van der Waals surface area contributed by atoms with Crippen LogP contribution in [0.1, 0.15) is 78.6 Å². The van der Waals surface area contributed by atoms with Crippen molar-refractivity contribution in [1.82, 2.24) is 0 Å². The number of fused-ring (bicyclic) bond motifs is 2. The first kappa shape index (κ1) is 43.6. The van der Waals surface area contributed by atoms with E-state index in [4.69, 9.17) is 24.7 Å². The molecule has 2 bridgehead atoms. The van der Waals surface area contributed by atoms with Gasteiger partial charge in [-0.05, 0) is 33.1 Å². The predicted molar refractivity (Wildman–Crippen MR) is 186 cm³/mol. The lowest BCUT2D eigenvalue weighted by Crippen LogP contribution is -2.61. The third kappa shape index (κ3) is 12.9. The van der Waals surface area contributed by atoms with Crippen LogP contribution in [0.5, 0.6) is 0 Å². The number of cyclic esters (lactones) is 1. The Morgan fingerprint density at radius 2 is 1.65 bits per heavy atom. The van der Waals surface area contributed by atoms with Gasteiger partial charge in [-0.2, -0.15) is 0 Å². The maximum Gasteiger partial charge on any atom is 0.311 e. The number of carbonyl (C=O) groups is 3. The van der Waals surface area contributed by atoms with Crippen LogP contribution in [0.4, 0.5) is 0 Å². The van der Waals surface area contributed by atoms with E-state index in [9.17, 15) is 50.1 Å². The first-order valence-electron chi connectivity index (χ1n) is 18.0. The highest BCUT2D eigenvalue weighted by molar-refractivity contribution is 5.80. The van der Waals surface area contributed by atoms with Crippen molar-refractivity contribution in [3.63, 3.8) is 0 Å². The van der Waals surface area contributed by atoms with E-state index in [-0.39, 0.29) is 44.3 Å². The molecule has 9 N–H and O–H groups in total. The molecule has 294 valence electrons. The molecule has 52 heavy (non-hydrogen) atoms. The number of hydrogen-bond acceptors (Lipinski definition) is 14. The lowest BCUT2D eigenvalue weighted by atomic mass is 9.83. The quantitative estimate of drug-likeness (QED) is 0.187. The molecule has 0 aromatic heterocycles. The summed E-state index contributed by atoms with van der Waals surface area (Å²) in [5.74, 6) is -6.84. The molecule has 3 aliphatic rings. The summed E-state index contributed by atoms with van der Waals surface area (Å²) in [5.41, 5.74) is 5.98. The number of ketones is 1. The van der Waals surface area contributed by atoms with Gasteiger partial charge in [0.05, 0.1) is 54.7 Å². The fourth-order valence-corrected chi connectivity index (χ4v) is 6.72. The number of carboxylic acids is 1. The average molecular weight is 740 g/mol. The molecule has 0 amide bonds. The highest BCUT2D eigenvalue weighted by Crippen LogP contribution is 2.38. The molecular formula is C37H57NO14. The van der Waals surface area contributed by atoms with Crippen LogP contribution < -0.4 is 5.73 Å². The van der Waals surface area contributed by atoms with Crippen molar-refractivity contribution in [2.75, 3.05) is 0 Å². The van der Waals surface area contributed by atoms with Crippen LogP contribution in [0.25, 0.3) is 0 Å². The van der Waals surface area contributed by atoms with Gasteiger partial charge in [-0.25, -0.2) is 0 Å². The minimum atomic E-state index is -2.15. The van der Waals surface area contributed by atoms with E-state index >= 15 is 0 Å².